The number of halogens is 2. The van der Waals surface area contributed by atoms with Gasteiger partial charge in [0.2, 0.25) is 0 Å². The summed E-state index contributed by atoms with van der Waals surface area (Å²) in [6.45, 7) is 4.97. The highest BCUT2D eigenvalue weighted by molar-refractivity contribution is 9.10. The molecule has 0 amide bonds. The summed E-state index contributed by atoms with van der Waals surface area (Å²) in [5.41, 5.74) is 0.869. The van der Waals surface area contributed by atoms with Crippen LogP contribution in [0.1, 0.15) is 13.8 Å². The molecule has 9 nitrogen and oxygen atoms in total. The first-order valence-corrected chi connectivity index (χ1v) is 12.7. The van der Waals surface area contributed by atoms with E-state index in [-0.39, 0.29) is 18.3 Å². The number of nitrogens with one attached hydrogen (secondary N) is 1. The van der Waals surface area contributed by atoms with Gasteiger partial charge in [-0.3, -0.25) is 0 Å². The van der Waals surface area contributed by atoms with Gasteiger partial charge >= 0.3 is 0 Å². The highest BCUT2D eigenvalue weighted by Crippen LogP contribution is 2.45. The Labute approximate surface area is 221 Å². The van der Waals surface area contributed by atoms with E-state index in [4.69, 9.17) is 40.0 Å². The molecule has 0 aliphatic carbocycles. The number of hydrogen-bond donors (Lipinski definition) is 1. The zero-order chi connectivity index (χ0) is 25.1. The first kappa shape index (κ1) is 24.1. The lowest BCUT2D eigenvalue weighted by Gasteiger charge is -2.27. The van der Waals surface area contributed by atoms with E-state index >= 15 is 0 Å². The third-order valence-electron chi connectivity index (χ3n) is 6.64. The number of benzene rings is 2. The summed E-state index contributed by atoms with van der Waals surface area (Å²) in [7, 11) is 1.60. The molecule has 3 aliphatic rings. The molecule has 190 valence electrons. The van der Waals surface area contributed by atoms with Gasteiger partial charge in [-0.15, -0.1) is 0 Å². The molecule has 3 fully saturated rings. The molecule has 1 spiro atoms. The molecule has 3 saturated heterocycles. The minimum absolute atomic E-state index is 0.272. The molecule has 4 atom stereocenters. The largest absolute Gasteiger partial charge is 0.493 e. The number of fused-ring (bicyclic) bond motifs is 3. The molecule has 3 aromatic rings. The molecule has 0 bridgehead atoms. The van der Waals surface area contributed by atoms with Crippen LogP contribution in [0.5, 0.6) is 11.5 Å². The van der Waals surface area contributed by atoms with Crippen LogP contribution in [0.25, 0.3) is 10.9 Å². The van der Waals surface area contributed by atoms with Crippen molar-refractivity contribution in [3.63, 3.8) is 0 Å². The highest BCUT2D eigenvalue weighted by atomic mass is 79.9. The molecule has 11 heteroatoms. The van der Waals surface area contributed by atoms with Crippen molar-refractivity contribution in [3.8, 4) is 11.5 Å². The summed E-state index contributed by atoms with van der Waals surface area (Å²) in [5.74, 6) is 1.04. The maximum atomic E-state index is 6.39. The van der Waals surface area contributed by atoms with Crippen LogP contribution < -0.4 is 14.8 Å². The molecule has 1 N–H and O–H groups in total. The molecular weight excluding hydrogens is 554 g/mol. The zero-order valence-electron chi connectivity index (χ0n) is 19.9. The Morgan fingerprint density at radius 3 is 2.72 bits per heavy atom. The van der Waals surface area contributed by atoms with Crippen molar-refractivity contribution in [2.75, 3.05) is 32.2 Å². The van der Waals surface area contributed by atoms with Crippen LogP contribution in [0.3, 0.4) is 0 Å². The quantitative estimate of drug-likeness (QED) is 0.455. The average molecular weight is 579 g/mol. The first-order chi connectivity index (χ1) is 17.3. The van der Waals surface area contributed by atoms with Crippen molar-refractivity contribution in [1.29, 1.82) is 0 Å². The number of ether oxygens (including phenoxy) is 6. The lowest BCUT2D eigenvalue weighted by Crippen LogP contribution is -2.47. The number of methoxy groups -OCH3 is 1. The van der Waals surface area contributed by atoms with Gasteiger partial charge in [-0.25, -0.2) is 9.97 Å². The SMILES string of the molecule is COc1cc2c(Nc3ccc(Br)c(Cl)c3)ncnc2cc1O[C@H]1CO[C@H]2[C@@H]1OC[C@@]21COC(C)(C)O1. The van der Waals surface area contributed by atoms with Gasteiger partial charge in [-0.05, 0) is 54.0 Å². The Hall–Kier alpha value is -2.21. The number of hydrogen-bond acceptors (Lipinski definition) is 9. The zero-order valence-corrected chi connectivity index (χ0v) is 22.3. The van der Waals surface area contributed by atoms with Crippen molar-refractivity contribution in [3.05, 3.63) is 46.2 Å². The molecule has 0 saturated carbocycles. The number of aromatic nitrogens is 2. The molecule has 3 aliphatic heterocycles. The van der Waals surface area contributed by atoms with Crippen LogP contribution in [-0.4, -0.2) is 66.6 Å². The van der Waals surface area contributed by atoms with Gasteiger partial charge < -0.3 is 33.7 Å². The van der Waals surface area contributed by atoms with Crippen LogP contribution in [-0.2, 0) is 18.9 Å². The number of anilines is 2. The van der Waals surface area contributed by atoms with E-state index < -0.39 is 11.4 Å². The summed E-state index contributed by atoms with van der Waals surface area (Å²) in [4.78, 5) is 8.87. The van der Waals surface area contributed by atoms with E-state index in [0.29, 0.717) is 47.7 Å². The lowest BCUT2D eigenvalue weighted by molar-refractivity contribution is -0.179. The van der Waals surface area contributed by atoms with Crippen molar-refractivity contribution < 1.29 is 28.4 Å². The van der Waals surface area contributed by atoms with Crippen molar-refractivity contribution in [2.45, 2.75) is 43.5 Å². The number of nitrogens with zero attached hydrogens (tertiary/aromatic N) is 2. The van der Waals surface area contributed by atoms with E-state index in [0.717, 1.165) is 15.5 Å². The summed E-state index contributed by atoms with van der Waals surface area (Å²) in [6.07, 6.45) is 0.607. The summed E-state index contributed by atoms with van der Waals surface area (Å²) >= 11 is 9.66. The predicted molar refractivity (Wildman–Crippen MR) is 136 cm³/mol. The van der Waals surface area contributed by atoms with Gasteiger partial charge in [0.05, 0.1) is 37.5 Å². The normalized spacial score (nSPS) is 28.5. The monoisotopic (exact) mass is 577 g/mol. The van der Waals surface area contributed by atoms with E-state index in [1.54, 1.807) is 7.11 Å². The smallest absolute Gasteiger partial charge is 0.164 e. The van der Waals surface area contributed by atoms with Gasteiger partial charge in [-0.1, -0.05) is 11.6 Å². The molecule has 36 heavy (non-hydrogen) atoms. The van der Waals surface area contributed by atoms with Crippen LogP contribution in [0.2, 0.25) is 5.02 Å². The summed E-state index contributed by atoms with van der Waals surface area (Å²) in [6, 6.07) is 9.29. The molecule has 0 unspecified atom stereocenters. The maximum Gasteiger partial charge on any atom is 0.164 e. The number of rotatable bonds is 5. The van der Waals surface area contributed by atoms with E-state index in [2.05, 4.69) is 31.2 Å². The molecule has 1 aromatic heterocycles. The van der Waals surface area contributed by atoms with Crippen molar-refractivity contribution in [1.82, 2.24) is 9.97 Å². The van der Waals surface area contributed by atoms with Gasteiger partial charge in [-0.2, -0.15) is 0 Å². The minimum atomic E-state index is -0.671. The van der Waals surface area contributed by atoms with Crippen molar-refractivity contribution >= 4 is 49.9 Å². The fraction of sp³-hybridized carbons (Fsp3) is 0.440. The third kappa shape index (κ3) is 4.19. The van der Waals surface area contributed by atoms with Gasteiger partial charge in [0.15, 0.2) is 23.4 Å². The second-order valence-electron chi connectivity index (χ2n) is 9.54. The van der Waals surface area contributed by atoms with E-state index in [1.165, 1.54) is 6.33 Å². The van der Waals surface area contributed by atoms with Crippen LogP contribution in [0.15, 0.2) is 41.1 Å². The van der Waals surface area contributed by atoms with Gasteiger partial charge in [0.1, 0.15) is 30.0 Å². The van der Waals surface area contributed by atoms with E-state index in [1.807, 2.05) is 44.2 Å². The standard InChI is InChI=1S/C25H25BrClN3O6/c1-24(2)34-11-25(36-24)10-33-21-20(9-32-22(21)25)35-19-8-17-14(7-18(19)31-3)23(29-12-28-17)30-13-4-5-15(26)16(27)6-13/h4-8,12,20-22H,9-11H2,1-3H3,(H,28,29,30)/t20-,21+,22-,25+/m0/s1. The molecule has 2 aromatic carbocycles. The fourth-order valence-corrected chi connectivity index (χ4v) is 5.42. The van der Waals surface area contributed by atoms with Crippen molar-refractivity contribution in [2.24, 2.45) is 0 Å². The van der Waals surface area contributed by atoms with Crippen LogP contribution >= 0.6 is 27.5 Å². The van der Waals surface area contributed by atoms with Crippen LogP contribution in [0, 0.1) is 0 Å². The maximum absolute atomic E-state index is 6.39. The Bertz CT molecular complexity index is 1330. The lowest BCUT2D eigenvalue weighted by atomic mass is 9.97. The second kappa shape index (κ2) is 8.97. The van der Waals surface area contributed by atoms with Gasteiger partial charge in [0, 0.05) is 21.6 Å². The average Bonchev–Trinajstić information content (AvgIpc) is 3.51. The molecular formula is C25H25BrClN3O6. The van der Waals surface area contributed by atoms with E-state index in [9.17, 15) is 0 Å². The van der Waals surface area contributed by atoms with Crippen LogP contribution in [0.4, 0.5) is 11.5 Å². The highest BCUT2D eigenvalue weighted by Gasteiger charge is 2.63. The summed E-state index contributed by atoms with van der Waals surface area (Å²) < 4.78 is 37.1. The Kier molecular flexibility index (Phi) is 6.01. The predicted octanol–water partition coefficient (Wildman–Crippen LogP) is 4.86. The third-order valence-corrected chi connectivity index (χ3v) is 7.87. The van der Waals surface area contributed by atoms with Gasteiger partial charge in [0.25, 0.3) is 0 Å². The topological polar surface area (TPSA) is 93.2 Å². The summed E-state index contributed by atoms with van der Waals surface area (Å²) in [5, 5.41) is 4.67. The fourth-order valence-electron chi connectivity index (χ4n) is 4.99. The molecule has 0 radical (unpaired) electrons. The Morgan fingerprint density at radius 2 is 1.97 bits per heavy atom. The first-order valence-electron chi connectivity index (χ1n) is 11.6. The second-order valence-corrected chi connectivity index (χ2v) is 10.8. The Morgan fingerprint density at radius 1 is 1.11 bits per heavy atom. The molecule has 4 heterocycles. The molecule has 6 rings (SSSR count). The Balaban J connectivity index is 1.26. The minimum Gasteiger partial charge on any atom is -0.493 e.